The maximum absolute atomic E-state index is 14.6. The summed E-state index contributed by atoms with van der Waals surface area (Å²) in [5.41, 5.74) is -2.58. The minimum Gasteiger partial charge on any atom is -0.497 e. The first-order valence-electron chi connectivity index (χ1n) is 9.77. The molecule has 0 radical (unpaired) electrons. The number of aliphatic carboxylic acids is 1. The van der Waals surface area contributed by atoms with Gasteiger partial charge in [0.05, 0.1) is 18.4 Å². The van der Waals surface area contributed by atoms with E-state index in [9.17, 15) is 35.5 Å². The second-order valence-electron chi connectivity index (χ2n) is 7.18. The van der Waals surface area contributed by atoms with Crippen LogP contribution in [0.3, 0.4) is 0 Å². The predicted molar refractivity (Wildman–Crippen MR) is 111 cm³/mol. The number of hydrogen-bond acceptors (Lipinski definition) is 5. The van der Waals surface area contributed by atoms with Gasteiger partial charge in [0.15, 0.2) is 11.6 Å². The van der Waals surface area contributed by atoms with Crippen molar-refractivity contribution in [3.05, 3.63) is 63.3 Å². The van der Waals surface area contributed by atoms with Gasteiger partial charge in [-0.1, -0.05) is 0 Å². The number of methoxy groups -OCH3 is 1. The molecule has 0 fully saturated rings. The molecule has 0 aliphatic heterocycles. The molecule has 35 heavy (non-hydrogen) atoms. The highest BCUT2D eigenvalue weighted by molar-refractivity contribution is 7.06. The number of aromatic nitrogens is 1. The molecule has 0 bridgehead atoms. The van der Waals surface area contributed by atoms with Crippen molar-refractivity contribution in [2.45, 2.75) is 32.3 Å². The largest absolute Gasteiger partial charge is 0.497 e. The van der Waals surface area contributed by atoms with Gasteiger partial charge in [-0.25, -0.2) is 17.6 Å². The molecular formula is C22H16F7NO4S. The normalized spacial score (nSPS) is 11.5. The van der Waals surface area contributed by atoms with Crippen LogP contribution in [-0.2, 0) is 30.7 Å². The third-order valence-electron chi connectivity index (χ3n) is 4.85. The number of hydrogen-bond donors (Lipinski definition) is 1. The van der Waals surface area contributed by atoms with E-state index in [4.69, 9.17) is 14.6 Å². The Kier molecular flexibility index (Phi) is 7.88. The van der Waals surface area contributed by atoms with Crippen molar-refractivity contribution in [1.82, 2.24) is 4.37 Å². The summed E-state index contributed by atoms with van der Waals surface area (Å²) < 4.78 is 111. The number of ether oxygens (including phenoxy) is 2. The smallest absolute Gasteiger partial charge is 0.427 e. The van der Waals surface area contributed by atoms with Crippen LogP contribution in [0.5, 0.6) is 11.5 Å². The van der Waals surface area contributed by atoms with E-state index in [-0.39, 0.29) is 41.3 Å². The molecule has 13 heteroatoms. The lowest BCUT2D eigenvalue weighted by Crippen LogP contribution is -2.10. The summed E-state index contributed by atoms with van der Waals surface area (Å²) in [7, 11) is 1.14. The second-order valence-corrected chi connectivity index (χ2v) is 7.96. The number of carboxylic acid groups (broad SMARTS) is 1. The van der Waals surface area contributed by atoms with Gasteiger partial charge in [0, 0.05) is 29.7 Å². The fraction of sp³-hybridized carbons (Fsp3) is 0.273. The molecule has 0 saturated carbocycles. The van der Waals surface area contributed by atoms with Gasteiger partial charge in [-0.15, -0.1) is 0 Å². The Labute approximate surface area is 197 Å². The van der Waals surface area contributed by atoms with Crippen molar-refractivity contribution in [3.63, 3.8) is 0 Å². The lowest BCUT2D eigenvalue weighted by molar-refractivity contribution is -0.137. The van der Waals surface area contributed by atoms with Crippen LogP contribution in [0, 0.1) is 17.5 Å². The Morgan fingerprint density at radius 2 is 1.74 bits per heavy atom. The van der Waals surface area contributed by atoms with E-state index >= 15 is 0 Å². The van der Waals surface area contributed by atoms with E-state index in [1.165, 1.54) is 0 Å². The Morgan fingerprint density at radius 3 is 2.29 bits per heavy atom. The van der Waals surface area contributed by atoms with Crippen LogP contribution < -0.4 is 9.47 Å². The van der Waals surface area contributed by atoms with Crippen LogP contribution >= 0.6 is 11.5 Å². The molecule has 2 aromatic carbocycles. The van der Waals surface area contributed by atoms with E-state index < -0.39 is 70.3 Å². The molecule has 0 spiro atoms. The summed E-state index contributed by atoms with van der Waals surface area (Å²) in [6.45, 7) is -2.31. The summed E-state index contributed by atoms with van der Waals surface area (Å²) in [6, 6.07) is 3.51. The Balaban J connectivity index is 2.03. The number of benzene rings is 2. The zero-order valence-corrected chi connectivity index (χ0v) is 18.6. The molecule has 0 unspecified atom stereocenters. The van der Waals surface area contributed by atoms with Crippen molar-refractivity contribution in [3.8, 4) is 22.8 Å². The number of rotatable bonds is 9. The first-order chi connectivity index (χ1) is 16.5. The average Bonchev–Trinajstić information content (AvgIpc) is 3.19. The molecule has 0 aliphatic rings. The van der Waals surface area contributed by atoms with E-state index in [1.807, 2.05) is 0 Å². The number of nitrogens with zero attached hydrogens (tertiary/aromatic N) is 1. The minimum absolute atomic E-state index is 0.0767. The van der Waals surface area contributed by atoms with Crippen molar-refractivity contribution in [1.29, 1.82) is 0 Å². The predicted octanol–water partition coefficient (Wildman–Crippen LogP) is 6.32. The number of carbonyl (C=O) groups is 1. The highest BCUT2D eigenvalue weighted by Crippen LogP contribution is 2.42. The van der Waals surface area contributed by atoms with Crippen molar-refractivity contribution in [2.75, 3.05) is 7.11 Å². The van der Waals surface area contributed by atoms with Crippen LogP contribution in [0.2, 0.25) is 0 Å². The first-order valence-corrected chi connectivity index (χ1v) is 10.5. The molecule has 0 amide bonds. The maximum Gasteiger partial charge on any atom is 0.427 e. The topological polar surface area (TPSA) is 68.7 Å². The van der Waals surface area contributed by atoms with Crippen molar-refractivity contribution in [2.24, 2.45) is 0 Å². The summed E-state index contributed by atoms with van der Waals surface area (Å²) in [6.07, 6.45) is -5.45. The molecule has 3 aromatic rings. The van der Waals surface area contributed by atoms with Crippen LogP contribution in [0.15, 0.2) is 24.3 Å². The molecule has 188 valence electrons. The summed E-state index contributed by atoms with van der Waals surface area (Å²) in [5.74, 6) is -5.73. The zero-order chi connectivity index (χ0) is 25.9. The molecule has 1 N–H and O–H groups in total. The summed E-state index contributed by atoms with van der Waals surface area (Å²) in [4.78, 5) is 9.38. The van der Waals surface area contributed by atoms with E-state index in [2.05, 4.69) is 4.37 Å². The fourth-order valence-corrected chi connectivity index (χ4v) is 4.02. The van der Waals surface area contributed by atoms with E-state index in [0.29, 0.717) is 0 Å². The number of carboxylic acids is 1. The van der Waals surface area contributed by atoms with Crippen LogP contribution in [0.4, 0.5) is 30.7 Å². The molecule has 1 heterocycles. The molecule has 1 aromatic heterocycles. The standard InChI is InChI=1S/C22H16F7NO4S/c1-33-12-6-14(24)18(15(25)7-12)19-13(21(35-30-19)22(27,28)29)9-34-20-11(8-23)4-10(5-16(20)26)2-3-17(31)32/h4-7H,2-3,8-9H2,1H3,(H,31,32). The number of alkyl halides is 4. The molecule has 0 atom stereocenters. The second kappa shape index (κ2) is 10.5. The molecule has 0 saturated heterocycles. The van der Waals surface area contributed by atoms with Gasteiger partial charge in [-0.2, -0.15) is 17.5 Å². The van der Waals surface area contributed by atoms with Crippen molar-refractivity contribution >= 4 is 17.5 Å². The first kappa shape index (κ1) is 26.3. The average molecular weight is 523 g/mol. The maximum atomic E-state index is 14.6. The summed E-state index contributed by atoms with van der Waals surface area (Å²) >= 11 is -0.0767. The van der Waals surface area contributed by atoms with Crippen LogP contribution in [0.25, 0.3) is 11.3 Å². The third-order valence-corrected chi connectivity index (χ3v) is 5.78. The quantitative estimate of drug-likeness (QED) is 0.333. The lowest BCUT2D eigenvalue weighted by atomic mass is 10.0. The number of aryl methyl sites for hydroxylation is 1. The Bertz CT molecular complexity index is 1220. The molecule has 3 rings (SSSR count). The highest BCUT2D eigenvalue weighted by Gasteiger charge is 2.39. The Hall–Kier alpha value is -3.35. The monoisotopic (exact) mass is 523 g/mol. The van der Waals surface area contributed by atoms with Gasteiger partial charge < -0.3 is 14.6 Å². The molecule has 0 aliphatic carbocycles. The van der Waals surface area contributed by atoms with Gasteiger partial charge >= 0.3 is 12.1 Å². The van der Waals surface area contributed by atoms with Crippen LogP contribution in [0.1, 0.15) is 28.0 Å². The highest BCUT2D eigenvalue weighted by atomic mass is 32.1. The summed E-state index contributed by atoms with van der Waals surface area (Å²) in [5, 5.41) is 8.75. The van der Waals surface area contributed by atoms with Gasteiger partial charge in [0.25, 0.3) is 0 Å². The lowest BCUT2D eigenvalue weighted by Gasteiger charge is -2.15. The van der Waals surface area contributed by atoms with Crippen LogP contribution in [-0.4, -0.2) is 22.6 Å². The van der Waals surface area contributed by atoms with E-state index in [0.717, 1.165) is 31.4 Å². The SMILES string of the molecule is COc1cc(F)c(-c2nsc(C(F)(F)F)c2COc2c(F)cc(CCC(=O)O)cc2CF)c(F)c1. The zero-order valence-electron chi connectivity index (χ0n) is 17.8. The molecule has 5 nitrogen and oxygen atoms in total. The molecular weight excluding hydrogens is 507 g/mol. The van der Waals surface area contributed by atoms with E-state index in [1.54, 1.807) is 0 Å². The van der Waals surface area contributed by atoms with Gasteiger partial charge in [-0.3, -0.25) is 4.79 Å². The minimum atomic E-state index is -4.98. The van der Waals surface area contributed by atoms with Gasteiger partial charge in [0.1, 0.15) is 35.5 Å². The Morgan fingerprint density at radius 1 is 1.09 bits per heavy atom. The van der Waals surface area contributed by atoms with Gasteiger partial charge in [-0.05, 0) is 35.6 Å². The van der Waals surface area contributed by atoms with Gasteiger partial charge in [0.2, 0.25) is 0 Å². The third kappa shape index (κ3) is 5.84. The number of halogens is 7. The fourth-order valence-electron chi connectivity index (χ4n) is 3.27. The van der Waals surface area contributed by atoms with Crippen molar-refractivity contribution < 1.29 is 50.1 Å².